The number of pyridine rings is 1. The molecule has 5 nitrogen and oxygen atoms in total. The first kappa shape index (κ1) is 16.2. The minimum atomic E-state index is 0.300. The van der Waals surface area contributed by atoms with E-state index < -0.39 is 0 Å². The number of hydrogen-bond donors (Lipinski definition) is 0. The van der Waals surface area contributed by atoms with Crippen LogP contribution >= 0.6 is 23.5 Å². The molecule has 0 atom stereocenters. The molecule has 0 saturated carbocycles. The number of hydrogen-bond acceptors (Lipinski definition) is 6. The second kappa shape index (κ2) is 7.17. The Morgan fingerprint density at radius 1 is 1.24 bits per heavy atom. The summed E-state index contributed by atoms with van der Waals surface area (Å²) in [6, 6.07) is 3.78. The fourth-order valence-electron chi connectivity index (χ4n) is 1.62. The fraction of sp³-hybridized carbons (Fsp3) is 0.500. The van der Waals surface area contributed by atoms with Crippen LogP contribution in [0.25, 0.3) is 5.69 Å². The van der Waals surface area contributed by atoms with E-state index in [2.05, 4.69) is 36.0 Å². The molecule has 0 bridgehead atoms. The molecular weight excluding hydrogens is 304 g/mol. The van der Waals surface area contributed by atoms with Crippen molar-refractivity contribution in [2.24, 2.45) is 0 Å². The fourth-order valence-corrected chi connectivity index (χ4v) is 3.47. The first-order chi connectivity index (χ1) is 9.99. The molecule has 7 heteroatoms. The van der Waals surface area contributed by atoms with Gasteiger partial charge in [-0.15, -0.1) is 10.2 Å². The van der Waals surface area contributed by atoms with Gasteiger partial charge in [-0.3, -0.25) is 4.57 Å². The smallest absolute Gasteiger partial charge is 0.213 e. The van der Waals surface area contributed by atoms with E-state index in [0.29, 0.717) is 10.6 Å². The Bertz CT molecular complexity index is 563. The summed E-state index contributed by atoms with van der Waals surface area (Å²) in [5, 5.41) is 9.06. The molecule has 0 amide bonds. The van der Waals surface area contributed by atoms with Crippen molar-refractivity contribution in [1.29, 1.82) is 0 Å². The summed E-state index contributed by atoms with van der Waals surface area (Å²) in [4.78, 5) is 4.21. The topological polar surface area (TPSA) is 52.8 Å². The Kier molecular flexibility index (Phi) is 5.52. The average Bonchev–Trinajstić information content (AvgIpc) is 2.91. The van der Waals surface area contributed by atoms with Crippen LogP contribution < -0.4 is 4.74 Å². The van der Waals surface area contributed by atoms with E-state index in [1.165, 1.54) is 0 Å². The van der Waals surface area contributed by atoms with Crippen LogP contribution in [0.15, 0.2) is 29.8 Å². The zero-order valence-electron chi connectivity index (χ0n) is 12.7. The van der Waals surface area contributed by atoms with Crippen LogP contribution in [0.4, 0.5) is 0 Å². The van der Waals surface area contributed by atoms with Crippen LogP contribution in [-0.4, -0.2) is 43.1 Å². The van der Waals surface area contributed by atoms with E-state index in [1.54, 1.807) is 31.4 Å². The zero-order chi connectivity index (χ0) is 15.3. The summed E-state index contributed by atoms with van der Waals surface area (Å²) < 4.78 is 7.31. The highest BCUT2D eigenvalue weighted by Crippen LogP contribution is 2.26. The predicted octanol–water partition coefficient (Wildman–Crippen LogP) is 3.29. The van der Waals surface area contributed by atoms with Crippen molar-refractivity contribution in [1.82, 2.24) is 19.7 Å². The monoisotopic (exact) mass is 324 g/mol. The zero-order valence-corrected chi connectivity index (χ0v) is 14.4. The number of ether oxygens (including phenoxy) is 1. The molecule has 2 aromatic rings. The van der Waals surface area contributed by atoms with Gasteiger partial charge in [0.25, 0.3) is 0 Å². The first-order valence-electron chi connectivity index (χ1n) is 6.67. The number of thioether (sulfide) groups is 2. The summed E-state index contributed by atoms with van der Waals surface area (Å²) in [6.45, 7) is 6.69. The molecule has 0 saturated heterocycles. The predicted molar refractivity (Wildman–Crippen MR) is 88.6 cm³/mol. The number of nitrogens with zero attached hydrogens (tertiary/aromatic N) is 4. The van der Waals surface area contributed by atoms with Gasteiger partial charge in [0.2, 0.25) is 5.88 Å². The van der Waals surface area contributed by atoms with Crippen LogP contribution in [-0.2, 0) is 0 Å². The third kappa shape index (κ3) is 4.93. The lowest BCUT2D eigenvalue weighted by molar-refractivity contribution is 0.397. The standard InChI is InChI=1S/C14H20N4OS2/c1-14(2,3)21-8-7-20-13-17-16-10-18(13)11-5-6-12(19-4)15-9-11/h5-6,9-10H,7-8H2,1-4H3. The molecule has 0 aromatic carbocycles. The van der Waals surface area contributed by atoms with Gasteiger partial charge in [0, 0.05) is 22.3 Å². The second-order valence-electron chi connectivity index (χ2n) is 5.35. The summed E-state index contributed by atoms with van der Waals surface area (Å²) >= 11 is 3.66. The molecule has 0 unspecified atom stereocenters. The number of methoxy groups -OCH3 is 1. The van der Waals surface area contributed by atoms with Crippen LogP contribution in [0, 0.1) is 0 Å². The first-order valence-corrected chi connectivity index (χ1v) is 8.64. The lowest BCUT2D eigenvalue weighted by Crippen LogP contribution is -2.09. The van der Waals surface area contributed by atoms with Gasteiger partial charge < -0.3 is 4.74 Å². The SMILES string of the molecule is COc1ccc(-n2cnnc2SCCSC(C)(C)C)cn1. The van der Waals surface area contributed by atoms with E-state index in [4.69, 9.17) is 4.74 Å². The largest absolute Gasteiger partial charge is 0.481 e. The molecule has 114 valence electrons. The van der Waals surface area contributed by atoms with Crippen molar-refractivity contribution in [3.63, 3.8) is 0 Å². The lowest BCUT2D eigenvalue weighted by Gasteiger charge is -2.16. The van der Waals surface area contributed by atoms with Crippen molar-refractivity contribution in [3.8, 4) is 11.6 Å². The van der Waals surface area contributed by atoms with Crippen molar-refractivity contribution in [2.45, 2.75) is 30.7 Å². The van der Waals surface area contributed by atoms with Gasteiger partial charge >= 0.3 is 0 Å². The van der Waals surface area contributed by atoms with Crippen molar-refractivity contribution in [2.75, 3.05) is 18.6 Å². The molecule has 0 spiro atoms. The van der Waals surface area contributed by atoms with E-state index in [9.17, 15) is 0 Å². The van der Waals surface area contributed by atoms with Gasteiger partial charge in [-0.25, -0.2) is 4.98 Å². The van der Waals surface area contributed by atoms with E-state index in [0.717, 1.165) is 22.3 Å². The Balaban J connectivity index is 1.98. The Labute approximate surface area is 133 Å². The molecule has 21 heavy (non-hydrogen) atoms. The molecule has 0 radical (unpaired) electrons. The third-order valence-electron chi connectivity index (χ3n) is 2.57. The van der Waals surface area contributed by atoms with Crippen molar-refractivity contribution < 1.29 is 4.74 Å². The van der Waals surface area contributed by atoms with Gasteiger partial charge in [0.05, 0.1) is 19.0 Å². The average molecular weight is 324 g/mol. The molecule has 2 aromatic heterocycles. The van der Waals surface area contributed by atoms with E-state index in [1.807, 2.05) is 28.5 Å². The molecule has 0 aliphatic carbocycles. The molecular formula is C14H20N4OS2. The maximum atomic E-state index is 5.07. The highest BCUT2D eigenvalue weighted by atomic mass is 32.2. The number of aromatic nitrogens is 4. The normalized spacial score (nSPS) is 11.6. The molecule has 0 fully saturated rings. The van der Waals surface area contributed by atoms with Crippen LogP contribution in [0.5, 0.6) is 5.88 Å². The van der Waals surface area contributed by atoms with Gasteiger partial charge in [0.1, 0.15) is 6.33 Å². The Morgan fingerprint density at radius 3 is 2.67 bits per heavy atom. The molecule has 0 aliphatic rings. The summed E-state index contributed by atoms with van der Waals surface area (Å²) in [5.74, 6) is 2.69. The van der Waals surface area contributed by atoms with Crippen molar-refractivity contribution in [3.05, 3.63) is 24.7 Å². The maximum absolute atomic E-state index is 5.07. The van der Waals surface area contributed by atoms with Crippen LogP contribution in [0.3, 0.4) is 0 Å². The highest BCUT2D eigenvalue weighted by molar-refractivity contribution is 8.03. The van der Waals surface area contributed by atoms with Gasteiger partial charge in [-0.2, -0.15) is 11.8 Å². The second-order valence-corrected chi connectivity index (χ2v) is 8.34. The van der Waals surface area contributed by atoms with Crippen LogP contribution in [0.1, 0.15) is 20.8 Å². The summed E-state index contributed by atoms with van der Waals surface area (Å²) in [6.07, 6.45) is 3.47. The van der Waals surface area contributed by atoms with Crippen molar-refractivity contribution >= 4 is 23.5 Å². The number of rotatable bonds is 6. The van der Waals surface area contributed by atoms with Gasteiger partial charge in [-0.05, 0) is 6.07 Å². The Morgan fingerprint density at radius 2 is 2.05 bits per heavy atom. The quantitative estimate of drug-likeness (QED) is 0.600. The molecule has 2 rings (SSSR count). The lowest BCUT2D eigenvalue weighted by atomic mass is 10.3. The molecule has 2 heterocycles. The van der Waals surface area contributed by atoms with Gasteiger partial charge in [0.15, 0.2) is 5.16 Å². The molecule has 0 N–H and O–H groups in total. The minimum Gasteiger partial charge on any atom is -0.481 e. The molecule has 0 aliphatic heterocycles. The summed E-state index contributed by atoms with van der Waals surface area (Å²) in [5.41, 5.74) is 0.937. The Hall–Kier alpha value is -1.21. The summed E-state index contributed by atoms with van der Waals surface area (Å²) in [7, 11) is 1.61. The van der Waals surface area contributed by atoms with E-state index in [-0.39, 0.29) is 0 Å². The minimum absolute atomic E-state index is 0.300. The highest BCUT2D eigenvalue weighted by Gasteiger charge is 2.11. The maximum Gasteiger partial charge on any atom is 0.213 e. The third-order valence-corrected chi connectivity index (χ3v) is 5.05. The van der Waals surface area contributed by atoms with Gasteiger partial charge in [-0.1, -0.05) is 32.5 Å². The van der Waals surface area contributed by atoms with Crippen LogP contribution in [0.2, 0.25) is 0 Å². The van der Waals surface area contributed by atoms with E-state index >= 15 is 0 Å².